The van der Waals surface area contributed by atoms with Crippen LogP contribution in [0.3, 0.4) is 0 Å². The molecule has 1 spiro atoms. The van der Waals surface area contributed by atoms with Gasteiger partial charge in [-0.3, -0.25) is 4.79 Å². The van der Waals surface area contributed by atoms with Gasteiger partial charge < -0.3 is 4.90 Å². The summed E-state index contributed by atoms with van der Waals surface area (Å²) in [4.78, 5) is 13.3. The number of hydrogen-bond donors (Lipinski definition) is 0. The lowest BCUT2D eigenvalue weighted by Crippen LogP contribution is -2.43. The van der Waals surface area contributed by atoms with Gasteiger partial charge in [-0.05, 0) is 53.3 Å². The maximum absolute atomic E-state index is 13.1. The minimum Gasteiger partial charge on any atom is -0.340 e. The number of hydrogen-bond acceptors (Lipinski definition) is 1. The van der Waals surface area contributed by atoms with Gasteiger partial charge in [0.25, 0.3) is 0 Å². The second-order valence-electron chi connectivity index (χ2n) is 6.88. The van der Waals surface area contributed by atoms with Crippen LogP contribution >= 0.6 is 0 Å². The molecule has 0 radical (unpaired) electrons. The summed E-state index contributed by atoms with van der Waals surface area (Å²) in [6, 6.07) is 13.2. The molecule has 0 saturated heterocycles. The van der Waals surface area contributed by atoms with Gasteiger partial charge in [-0.2, -0.15) is 0 Å². The highest BCUT2D eigenvalue weighted by Gasteiger charge is 2.41. The topological polar surface area (TPSA) is 20.3 Å². The third kappa shape index (κ3) is 2.44. The molecule has 2 nitrogen and oxygen atoms in total. The minimum atomic E-state index is -0.219. The first-order valence-electron chi connectivity index (χ1n) is 8.29. The van der Waals surface area contributed by atoms with Crippen molar-refractivity contribution in [3.63, 3.8) is 0 Å². The molecule has 3 heteroatoms. The van der Waals surface area contributed by atoms with Crippen LogP contribution in [-0.2, 0) is 16.8 Å². The molecule has 0 bridgehead atoms. The zero-order valence-electron chi connectivity index (χ0n) is 13.1. The van der Waals surface area contributed by atoms with Gasteiger partial charge in [0.15, 0.2) is 0 Å². The van der Waals surface area contributed by atoms with Crippen molar-refractivity contribution in [2.75, 3.05) is 6.54 Å². The highest BCUT2D eigenvalue weighted by atomic mass is 19.1. The van der Waals surface area contributed by atoms with Gasteiger partial charge in [-0.25, -0.2) is 4.39 Å². The third-order valence-electron chi connectivity index (χ3n) is 5.44. The highest BCUT2D eigenvalue weighted by molar-refractivity contribution is 5.66. The predicted octanol–water partition coefficient (Wildman–Crippen LogP) is 4.28. The monoisotopic (exact) mass is 309 g/mol. The van der Waals surface area contributed by atoms with Crippen LogP contribution in [0.2, 0.25) is 0 Å². The van der Waals surface area contributed by atoms with E-state index in [-0.39, 0.29) is 11.2 Å². The van der Waals surface area contributed by atoms with Gasteiger partial charge in [0.05, 0.1) is 0 Å². The van der Waals surface area contributed by atoms with Crippen LogP contribution in [0.25, 0.3) is 11.1 Å². The quantitative estimate of drug-likeness (QED) is 0.758. The van der Waals surface area contributed by atoms with E-state index >= 15 is 0 Å². The van der Waals surface area contributed by atoms with Gasteiger partial charge in [0.2, 0.25) is 6.41 Å². The van der Waals surface area contributed by atoms with Crippen molar-refractivity contribution >= 4 is 6.41 Å². The van der Waals surface area contributed by atoms with Crippen molar-refractivity contribution in [3.05, 3.63) is 59.4 Å². The second-order valence-corrected chi connectivity index (χ2v) is 6.88. The Morgan fingerprint density at radius 2 is 1.70 bits per heavy atom. The summed E-state index contributed by atoms with van der Waals surface area (Å²) in [5, 5.41) is 0. The Morgan fingerprint density at radius 3 is 2.39 bits per heavy atom. The molecule has 1 amide bonds. The standard InChI is InChI=1S/C20H20FNO/c21-18-6-3-15(4-7-18)16-5-8-19-17(11-16)12-22(14-23)13-20(19)9-1-2-10-20/h3-8,11,14H,1-2,9-10,12-13H2. The van der Waals surface area contributed by atoms with Gasteiger partial charge in [0, 0.05) is 18.5 Å². The van der Waals surface area contributed by atoms with Gasteiger partial charge >= 0.3 is 0 Å². The maximum Gasteiger partial charge on any atom is 0.210 e. The van der Waals surface area contributed by atoms with Crippen LogP contribution in [0.5, 0.6) is 0 Å². The molecular weight excluding hydrogens is 289 g/mol. The van der Waals surface area contributed by atoms with Crippen molar-refractivity contribution in [2.45, 2.75) is 37.6 Å². The minimum absolute atomic E-state index is 0.149. The molecule has 0 N–H and O–H groups in total. The SMILES string of the molecule is O=CN1Cc2cc(-c3ccc(F)cc3)ccc2C2(CCCC2)C1. The fourth-order valence-electron chi connectivity index (χ4n) is 4.37. The molecule has 1 aliphatic carbocycles. The first-order valence-corrected chi connectivity index (χ1v) is 8.29. The summed E-state index contributed by atoms with van der Waals surface area (Å²) in [7, 11) is 0. The lowest BCUT2D eigenvalue weighted by molar-refractivity contribution is -0.120. The van der Waals surface area contributed by atoms with Crippen LogP contribution in [0, 0.1) is 5.82 Å². The van der Waals surface area contributed by atoms with Gasteiger partial charge in [-0.15, -0.1) is 0 Å². The highest BCUT2D eigenvalue weighted by Crippen LogP contribution is 2.46. The smallest absolute Gasteiger partial charge is 0.210 e. The Labute approximate surface area is 135 Å². The van der Waals surface area contributed by atoms with Crippen LogP contribution in [-0.4, -0.2) is 17.9 Å². The summed E-state index contributed by atoms with van der Waals surface area (Å²) in [5.41, 5.74) is 4.91. The molecule has 2 aromatic rings. The summed E-state index contributed by atoms with van der Waals surface area (Å²) < 4.78 is 13.1. The maximum atomic E-state index is 13.1. The number of benzene rings is 2. The molecule has 1 aliphatic heterocycles. The summed E-state index contributed by atoms with van der Waals surface area (Å²) >= 11 is 0. The average molecular weight is 309 g/mol. The molecule has 1 fully saturated rings. The third-order valence-corrected chi connectivity index (χ3v) is 5.44. The van der Waals surface area contributed by atoms with E-state index in [1.54, 1.807) is 0 Å². The van der Waals surface area contributed by atoms with Crippen LogP contribution in [0.1, 0.15) is 36.8 Å². The first-order chi connectivity index (χ1) is 11.2. The molecule has 2 aliphatic rings. The van der Waals surface area contributed by atoms with Crippen molar-refractivity contribution < 1.29 is 9.18 Å². The fourth-order valence-corrected chi connectivity index (χ4v) is 4.37. The Kier molecular flexibility index (Phi) is 3.44. The van der Waals surface area contributed by atoms with E-state index < -0.39 is 0 Å². The van der Waals surface area contributed by atoms with Crippen molar-refractivity contribution in [2.24, 2.45) is 0 Å². The molecular formula is C20H20FNO. The van der Waals surface area contributed by atoms with Crippen LogP contribution in [0.15, 0.2) is 42.5 Å². The van der Waals surface area contributed by atoms with Crippen LogP contribution in [0.4, 0.5) is 4.39 Å². The van der Waals surface area contributed by atoms with E-state index in [1.165, 1.54) is 48.9 Å². The number of amides is 1. The summed E-state index contributed by atoms with van der Waals surface area (Å²) in [5.74, 6) is -0.219. The van der Waals surface area contributed by atoms with Crippen molar-refractivity contribution in [1.29, 1.82) is 0 Å². The van der Waals surface area contributed by atoms with Gasteiger partial charge in [0.1, 0.15) is 5.82 Å². The van der Waals surface area contributed by atoms with E-state index in [2.05, 4.69) is 18.2 Å². The fraction of sp³-hybridized carbons (Fsp3) is 0.350. The number of nitrogens with zero attached hydrogens (tertiary/aromatic N) is 1. The van der Waals surface area contributed by atoms with Crippen molar-refractivity contribution in [3.8, 4) is 11.1 Å². The molecule has 2 aromatic carbocycles. The lowest BCUT2D eigenvalue weighted by atomic mass is 9.73. The number of fused-ring (bicyclic) bond motifs is 2. The zero-order chi connectivity index (χ0) is 15.9. The largest absolute Gasteiger partial charge is 0.340 e. The zero-order valence-corrected chi connectivity index (χ0v) is 13.1. The Morgan fingerprint density at radius 1 is 1.00 bits per heavy atom. The van der Waals surface area contributed by atoms with Crippen LogP contribution < -0.4 is 0 Å². The first kappa shape index (κ1) is 14.4. The number of rotatable bonds is 2. The average Bonchev–Trinajstić information content (AvgIpc) is 3.04. The van der Waals surface area contributed by atoms with E-state index in [1.807, 2.05) is 17.0 Å². The lowest BCUT2D eigenvalue weighted by Gasteiger charge is -2.41. The molecule has 1 saturated carbocycles. The van der Waals surface area contributed by atoms with E-state index in [0.29, 0.717) is 6.54 Å². The number of carbonyl (C=O) groups excluding carboxylic acids is 1. The molecule has 0 unspecified atom stereocenters. The van der Waals surface area contributed by atoms with E-state index in [4.69, 9.17) is 0 Å². The number of halogens is 1. The second kappa shape index (κ2) is 5.48. The molecule has 4 rings (SSSR count). The summed E-state index contributed by atoms with van der Waals surface area (Å²) in [6.45, 7) is 1.52. The molecule has 1 heterocycles. The van der Waals surface area contributed by atoms with E-state index in [9.17, 15) is 9.18 Å². The number of carbonyl (C=O) groups is 1. The molecule has 23 heavy (non-hydrogen) atoms. The molecule has 118 valence electrons. The molecule has 0 aromatic heterocycles. The Balaban J connectivity index is 1.78. The van der Waals surface area contributed by atoms with Crippen molar-refractivity contribution in [1.82, 2.24) is 4.90 Å². The predicted molar refractivity (Wildman–Crippen MR) is 88.5 cm³/mol. The Bertz CT molecular complexity index is 732. The molecule has 0 atom stereocenters. The summed E-state index contributed by atoms with van der Waals surface area (Å²) in [6.07, 6.45) is 5.80. The Hall–Kier alpha value is -2.16. The normalized spacial score (nSPS) is 18.9. The van der Waals surface area contributed by atoms with E-state index in [0.717, 1.165) is 24.1 Å². The van der Waals surface area contributed by atoms with Gasteiger partial charge in [-0.1, -0.05) is 37.1 Å².